The molecule has 8 heteroatoms. The van der Waals surface area contributed by atoms with Gasteiger partial charge in [-0.15, -0.1) is 0 Å². The number of rotatable bonds is 4. The van der Waals surface area contributed by atoms with Crippen molar-refractivity contribution in [1.82, 2.24) is 0 Å². The minimum absolute atomic E-state index is 0.383. The molecule has 0 aliphatic heterocycles. The minimum Gasteiger partial charge on any atom is -0.594 e. The smallest absolute Gasteiger partial charge is 0.328 e. The molecule has 17 heavy (non-hydrogen) atoms. The van der Waals surface area contributed by atoms with E-state index < -0.39 is 37.4 Å². The number of carbonyl (C=O) groups is 2. The summed E-state index contributed by atoms with van der Waals surface area (Å²) in [7, 11) is -3.25. The number of allylic oxidation sites excluding steroid dienone is 3. The van der Waals surface area contributed by atoms with Crippen LogP contribution in [0.2, 0.25) is 0 Å². The van der Waals surface area contributed by atoms with Crippen molar-refractivity contribution in [2.24, 2.45) is 5.73 Å². The summed E-state index contributed by atoms with van der Waals surface area (Å²) in [5.74, 6) is -2.68. The molecule has 4 N–H and O–H groups in total. The second-order valence-corrected chi connectivity index (χ2v) is 4.91. The Labute approximate surface area is 97.1 Å². The molecule has 1 aliphatic carbocycles. The van der Waals surface area contributed by atoms with E-state index in [-0.39, 0.29) is 5.76 Å². The zero-order valence-corrected chi connectivity index (χ0v) is 9.46. The maximum atomic E-state index is 11.6. The lowest BCUT2D eigenvalue weighted by Gasteiger charge is -2.23. The normalized spacial score (nSPS) is 26.4. The van der Waals surface area contributed by atoms with Crippen molar-refractivity contribution in [3.05, 3.63) is 24.0 Å². The molecule has 92 valence electrons. The van der Waals surface area contributed by atoms with E-state index in [1.807, 2.05) is 0 Å². The first-order valence-corrected chi connectivity index (χ1v) is 5.74. The third kappa shape index (κ3) is 2.58. The van der Waals surface area contributed by atoms with Crippen LogP contribution in [0.25, 0.3) is 0 Å². The highest BCUT2D eigenvalue weighted by molar-refractivity contribution is 7.40. The minimum atomic E-state index is -3.25. The Bertz CT molecular complexity index is 443. The Balaban J connectivity index is 3.09. The molecule has 0 aromatic rings. The molecule has 0 saturated carbocycles. The number of aliphatic hydroxyl groups is 1. The summed E-state index contributed by atoms with van der Waals surface area (Å²) < 4.78 is 11.2. The third-order valence-electron chi connectivity index (χ3n) is 2.41. The molecule has 7 nitrogen and oxygen atoms in total. The van der Waals surface area contributed by atoms with Gasteiger partial charge in [-0.1, -0.05) is 4.57 Å². The summed E-state index contributed by atoms with van der Waals surface area (Å²) in [5.41, 5.74) is 5.23. The van der Waals surface area contributed by atoms with Crippen LogP contribution in [0.5, 0.6) is 0 Å². The molecule has 1 aliphatic rings. The van der Waals surface area contributed by atoms with E-state index in [4.69, 9.17) is 15.9 Å². The first-order valence-electron chi connectivity index (χ1n) is 4.57. The fourth-order valence-electron chi connectivity index (χ4n) is 1.43. The highest BCUT2D eigenvalue weighted by atomic mass is 31.1. The largest absolute Gasteiger partial charge is 0.594 e. The molecular weight excluding hydrogens is 249 g/mol. The van der Waals surface area contributed by atoms with E-state index in [0.29, 0.717) is 0 Å². The molecule has 0 aromatic carbocycles. The van der Waals surface area contributed by atoms with Crippen molar-refractivity contribution in [3.63, 3.8) is 0 Å². The van der Waals surface area contributed by atoms with Crippen molar-refractivity contribution in [2.45, 2.75) is 17.6 Å². The Morgan fingerprint density at radius 3 is 2.65 bits per heavy atom. The van der Waals surface area contributed by atoms with Gasteiger partial charge in [0.2, 0.25) is 10.9 Å². The molecule has 0 fully saturated rings. The van der Waals surface area contributed by atoms with Crippen LogP contribution in [-0.2, 0) is 14.2 Å². The zero-order chi connectivity index (χ0) is 13.2. The molecule has 3 atom stereocenters. The predicted octanol–water partition coefficient (Wildman–Crippen LogP) is -0.789. The topological polar surface area (TPSA) is 141 Å². The number of hydrogen-bond acceptors (Lipinski definition) is 6. The Morgan fingerprint density at radius 1 is 1.65 bits per heavy atom. The van der Waals surface area contributed by atoms with E-state index >= 15 is 0 Å². The highest BCUT2D eigenvalue weighted by Gasteiger charge is 2.51. The molecule has 0 amide bonds. The molecule has 1 rings (SSSR count). The summed E-state index contributed by atoms with van der Waals surface area (Å²) in [6, 6.07) is -1.48. The van der Waals surface area contributed by atoms with Gasteiger partial charge in [0.1, 0.15) is 11.8 Å². The summed E-state index contributed by atoms with van der Waals surface area (Å²) in [5, 5.41) is 15.7. The van der Waals surface area contributed by atoms with Crippen LogP contribution < -0.4 is 10.6 Å². The lowest BCUT2D eigenvalue weighted by atomic mass is 9.90. The summed E-state index contributed by atoms with van der Waals surface area (Å²) in [4.78, 5) is 33.4. The summed E-state index contributed by atoms with van der Waals surface area (Å²) in [6.07, 6.45) is 2.15. The van der Waals surface area contributed by atoms with Crippen molar-refractivity contribution in [1.29, 1.82) is 0 Å². The summed E-state index contributed by atoms with van der Waals surface area (Å²) >= 11 is 0. The molecule has 0 bridgehead atoms. The van der Waals surface area contributed by atoms with Crippen LogP contribution in [0, 0.1) is 0 Å². The first kappa shape index (κ1) is 13.5. The second-order valence-electron chi connectivity index (χ2n) is 3.60. The van der Waals surface area contributed by atoms with Crippen LogP contribution in [0.4, 0.5) is 0 Å². The van der Waals surface area contributed by atoms with Crippen molar-refractivity contribution in [2.75, 3.05) is 0 Å². The Morgan fingerprint density at radius 2 is 2.24 bits per heavy atom. The van der Waals surface area contributed by atoms with E-state index in [0.717, 1.165) is 18.2 Å². The zero-order valence-electron chi connectivity index (χ0n) is 8.57. The van der Waals surface area contributed by atoms with Crippen LogP contribution >= 0.6 is 8.03 Å². The van der Waals surface area contributed by atoms with Crippen LogP contribution in [0.1, 0.15) is 6.42 Å². The Hall–Kier alpha value is -1.56. The molecular formula is C9H10NO6P. The van der Waals surface area contributed by atoms with E-state index in [9.17, 15) is 19.0 Å². The number of carbonyl (C=O) groups excluding carboxylic acids is 1. The van der Waals surface area contributed by atoms with Gasteiger partial charge < -0.3 is 20.8 Å². The quantitative estimate of drug-likeness (QED) is 0.561. The van der Waals surface area contributed by atoms with Gasteiger partial charge in [0.25, 0.3) is 0 Å². The van der Waals surface area contributed by atoms with Crippen LogP contribution in [-0.4, -0.2) is 33.2 Å². The second kappa shape index (κ2) is 4.75. The molecule has 3 unspecified atom stereocenters. The van der Waals surface area contributed by atoms with Gasteiger partial charge >= 0.3 is 14.0 Å². The number of hydrogen-bond donors (Lipinski definition) is 3. The average Bonchev–Trinajstić information content (AvgIpc) is 2.21. The highest BCUT2D eigenvalue weighted by Crippen LogP contribution is 2.41. The monoisotopic (exact) mass is 259 g/mol. The van der Waals surface area contributed by atoms with Gasteiger partial charge in [0.05, 0.1) is 0 Å². The Kier molecular flexibility index (Phi) is 3.77. The van der Waals surface area contributed by atoms with Gasteiger partial charge in [-0.2, -0.15) is 0 Å². The fraction of sp³-hybridized carbons (Fsp3) is 0.333. The van der Waals surface area contributed by atoms with Crippen molar-refractivity contribution < 1.29 is 29.3 Å². The van der Waals surface area contributed by atoms with Crippen molar-refractivity contribution >= 4 is 19.8 Å². The number of aliphatic carboxylic acids is 1. The lowest BCUT2D eigenvalue weighted by molar-refractivity contribution is -0.169. The predicted molar refractivity (Wildman–Crippen MR) is 55.4 cm³/mol. The number of aliphatic hydroxyl groups excluding tert-OH is 1. The number of carboxylic acids is 1. The van der Waals surface area contributed by atoms with E-state index in [1.54, 1.807) is 0 Å². The van der Waals surface area contributed by atoms with Gasteiger partial charge in [-0.3, -0.25) is 9.59 Å². The summed E-state index contributed by atoms with van der Waals surface area (Å²) in [6.45, 7) is 0. The number of carboxylic acid groups (broad SMARTS) is 1. The van der Waals surface area contributed by atoms with Crippen LogP contribution in [0.15, 0.2) is 24.0 Å². The molecule has 0 radical (unpaired) electrons. The molecule has 0 spiro atoms. The van der Waals surface area contributed by atoms with Crippen molar-refractivity contribution in [3.8, 4) is 0 Å². The molecule has 0 heterocycles. The van der Waals surface area contributed by atoms with Gasteiger partial charge in [0, 0.05) is 12.5 Å². The average molecular weight is 259 g/mol. The van der Waals surface area contributed by atoms with E-state index in [1.165, 1.54) is 0 Å². The maximum absolute atomic E-state index is 11.6. The van der Waals surface area contributed by atoms with E-state index in [2.05, 4.69) is 0 Å². The fourth-order valence-corrected chi connectivity index (χ4v) is 2.22. The molecule has 0 aromatic heterocycles. The number of ketones is 1. The van der Waals surface area contributed by atoms with Gasteiger partial charge in [-0.25, -0.2) is 0 Å². The third-order valence-corrected chi connectivity index (χ3v) is 3.61. The standard InChI is InChI=1S/C9H10NO6P/c10-6(8(13)14)4-9(17(15)16)2-1-5(11)3-7(9)12/h1-3,6,11H,4,10H2,(H,13,14). The van der Waals surface area contributed by atoms with Gasteiger partial charge in [-0.05, 0) is 12.2 Å². The SMILES string of the molecule is NC(CC1([P+](=O)[O-])C=CC(O)=CC1=O)C(=O)O. The van der Waals surface area contributed by atoms with Gasteiger partial charge in [0.15, 0.2) is 0 Å². The number of nitrogens with two attached hydrogens (primary N) is 1. The van der Waals surface area contributed by atoms with Crippen LogP contribution in [0.3, 0.4) is 0 Å². The maximum Gasteiger partial charge on any atom is 0.328 e. The lowest BCUT2D eigenvalue weighted by Crippen LogP contribution is -2.44. The molecule has 0 saturated heterocycles. The first-order chi connectivity index (χ1) is 7.79.